The van der Waals surface area contributed by atoms with Gasteiger partial charge in [-0.05, 0) is 24.6 Å². The lowest BCUT2D eigenvalue weighted by Gasteiger charge is -2.35. The highest BCUT2D eigenvalue weighted by atomic mass is 35.6. The van der Waals surface area contributed by atoms with Crippen LogP contribution in [0.1, 0.15) is 39.3 Å². The number of carboxylic acid groups (broad SMARTS) is 1. The number of carbonyl (C=O) groups excluding carboxylic acids is 1. The Morgan fingerprint density at radius 1 is 1.17 bits per heavy atom. The minimum atomic E-state index is -1.80. The van der Waals surface area contributed by atoms with Crippen molar-refractivity contribution < 1.29 is 24.2 Å². The van der Waals surface area contributed by atoms with E-state index in [0.717, 1.165) is 5.56 Å². The average molecular weight is 487 g/mol. The first-order valence-corrected chi connectivity index (χ1v) is 10.9. The van der Waals surface area contributed by atoms with Gasteiger partial charge >= 0.3 is 12.1 Å². The summed E-state index contributed by atoms with van der Waals surface area (Å²) in [5.41, 5.74) is 0.737. The fourth-order valence-corrected chi connectivity index (χ4v) is 3.56. The Kier molecular flexibility index (Phi) is 9.73. The highest BCUT2D eigenvalue weighted by molar-refractivity contribution is 8.00. The molecule has 0 heterocycles. The average Bonchev–Trinajstić information content (AvgIpc) is 2.61. The van der Waals surface area contributed by atoms with E-state index in [1.54, 1.807) is 43.1 Å². The SMILES string of the molecule is COc1ccc([C@@H](CSC(C)(C)C)N(C(=O)OCC(Cl)(Cl)Cl)[C@@H](C)C(=O)O)cc1. The van der Waals surface area contributed by atoms with Crippen molar-refractivity contribution in [3.63, 3.8) is 0 Å². The summed E-state index contributed by atoms with van der Waals surface area (Å²) in [6, 6.07) is 5.33. The Morgan fingerprint density at radius 3 is 2.14 bits per heavy atom. The topological polar surface area (TPSA) is 76.1 Å². The van der Waals surface area contributed by atoms with Gasteiger partial charge in [-0.2, -0.15) is 11.8 Å². The van der Waals surface area contributed by atoms with E-state index in [9.17, 15) is 14.7 Å². The summed E-state index contributed by atoms with van der Waals surface area (Å²) < 4.78 is 8.39. The Morgan fingerprint density at radius 2 is 1.72 bits per heavy atom. The van der Waals surface area contributed by atoms with E-state index in [1.165, 1.54) is 11.8 Å². The van der Waals surface area contributed by atoms with Gasteiger partial charge in [-0.15, -0.1) is 0 Å². The van der Waals surface area contributed by atoms with Gasteiger partial charge < -0.3 is 14.6 Å². The third-order valence-corrected chi connectivity index (χ3v) is 5.53. The first-order valence-electron chi connectivity index (χ1n) is 8.77. The van der Waals surface area contributed by atoms with E-state index in [0.29, 0.717) is 11.5 Å². The predicted molar refractivity (Wildman–Crippen MR) is 119 cm³/mol. The third kappa shape index (κ3) is 9.11. The molecule has 0 fully saturated rings. The summed E-state index contributed by atoms with van der Waals surface area (Å²) in [6.07, 6.45) is -0.874. The zero-order chi connectivity index (χ0) is 22.4. The maximum absolute atomic E-state index is 12.8. The molecule has 0 spiro atoms. The molecule has 2 atom stereocenters. The fourth-order valence-electron chi connectivity index (χ4n) is 2.38. The number of alkyl halides is 3. The molecule has 0 radical (unpaired) electrons. The van der Waals surface area contributed by atoms with Crippen LogP contribution < -0.4 is 4.74 Å². The lowest BCUT2D eigenvalue weighted by molar-refractivity contribution is -0.142. The first kappa shape index (κ1) is 26.0. The molecule has 0 saturated heterocycles. The number of carboxylic acids is 1. The Bertz CT molecular complexity index is 689. The number of benzene rings is 1. The smallest absolute Gasteiger partial charge is 0.411 e. The van der Waals surface area contributed by atoms with E-state index >= 15 is 0 Å². The summed E-state index contributed by atoms with van der Waals surface area (Å²) >= 11 is 18.6. The second-order valence-corrected chi connectivity index (χ2v) is 11.7. The molecular formula is C19H26Cl3NO5S. The summed E-state index contributed by atoms with van der Waals surface area (Å²) in [6.45, 7) is 7.02. The Hall–Kier alpha value is -1.02. The molecule has 0 aliphatic heterocycles. The third-order valence-electron chi connectivity index (χ3n) is 3.86. The van der Waals surface area contributed by atoms with Crippen LogP contribution in [0.15, 0.2) is 24.3 Å². The number of aliphatic carboxylic acids is 1. The summed E-state index contributed by atoms with van der Waals surface area (Å²) in [4.78, 5) is 25.7. The van der Waals surface area contributed by atoms with Crippen LogP contribution in [-0.2, 0) is 9.53 Å². The maximum atomic E-state index is 12.8. The number of amides is 1. The number of halogens is 3. The Labute approximate surface area is 190 Å². The molecule has 1 aromatic carbocycles. The molecule has 1 aromatic rings. The van der Waals surface area contributed by atoms with Crippen LogP contribution >= 0.6 is 46.6 Å². The molecule has 0 aliphatic rings. The van der Waals surface area contributed by atoms with Gasteiger partial charge in [-0.25, -0.2) is 9.59 Å². The number of thioether (sulfide) groups is 1. The van der Waals surface area contributed by atoms with Crippen molar-refractivity contribution in [2.45, 2.75) is 48.3 Å². The normalized spacial score (nSPS) is 14.1. The maximum Gasteiger partial charge on any atom is 0.411 e. The minimum absolute atomic E-state index is 0.107. The second kappa shape index (κ2) is 10.8. The number of methoxy groups -OCH3 is 1. The van der Waals surface area contributed by atoms with Crippen molar-refractivity contribution in [2.24, 2.45) is 0 Å². The lowest BCUT2D eigenvalue weighted by atomic mass is 10.1. The summed E-state index contributed by atoms with van der Waals surface area (Å²) in [7, 11) is 1.55. The van der Waals surface area contributed by atoms with E-state index in [2.05, 4.69) is 0 Å². The molecule has 1 amide bonds. The molecule has 0 bridgehead atoms. The number of ether oxygens (including phenoxy) is 2. The molecule has 0 unspecified atom stereocenters. The molecule has 6 nitrogen and oxygen atoms in total. The van der Waals surface area contributed by atoms with Crippen molar-refractivity contribution in [1.82, 2.24) is 4.90 Å². The number of hydrogen-bond acceptors (Lipinski definition) is 5. The van der Waals surface area contributed by atoms with E-state index in [-0.39, 0.29) is 4.75 Å². The predicted octanol–water partition coefficient (Wildman–Crippen LogP) is 5.55. The van der Waals surface area contributed by atoms with Gasteiger partial charge in [0.1, 0.15) is 18.4 Å². The Balaban J connectivity index is 3.31. The van der Waals surface area contributed by atoms with Crippen LogP contribution in [0.3, 0.4) is 0 Å². The molecule has 0 aliphatic carbocycles. The van der Waals surface area contributed by atoms with Gasteiger partial charge in [0.15, 0.2) is 0 Å². The van der Waals surface area contributed by atoms with Crippen molar-refractivity contribution in [3.05, 3.63) is 29.8 Å². The molecule has 0 saturated carbocycles. The molecule has 10 heteroatoms. The molecular weight excluding hydrogens is 461 g/mol. The standard InChI is InChI=1S/C19H26Cl3NO5S/c1-12(16(24)25)23(17(26)28-11-19(20,21)22)15(10-29-18(2,3)4)13-6-8-14(27-5)9-7-13/h6-9,12,15H,10-11H2,1-5H3,(H,24,25)/t12-,15+/m0/s1. The molecule has 1 N–H and O–H groups in total. The van der Waals surface area contributed by atoms with Crippen molar-refractivity contribution in [2.75, 3.05) is 19.5 Å². The van der Waals surface area contributed by atoms with Gasteiger partial charge in [0, 0.05) is 10.5 Å². The van der Waals surface area contributed by atoms with Gasteiger partial charge in [-0.3, -0.25) is 4.90 Å². The van der Waals surface area contributed by atoms with Crippen molar-refractivity contribution in [3.8, 4) is 5.75 Å². The minimum Gasteiger partial charge on any atom is -0.497 e. The van der Waals surface area contributed by atoms with Crippen LogP contribution in [0.25, 0.3) is 0 Å². The van der Waals surface area contributed by atoms with Gasteiger partial charge in [-0.1, -0.05) is 67.7 Å². The first-order chi connectivity index (χ1) is 13.2. The quantitative estimate of drug-likeness (QED) is 0.485. The van der Waals surface area contributed by atoms with E-state index in [1.807, 2.05) is 20.8 Å². The van der Waals surface area contributed by atoms with Crippen LogP contribution in [0, 0.1) is 0 Å². The zero-order valence-corrected chi connectivity index (χ0v) is 20.0. The van der Waals surface area contributed by atoms with Crippen molar-refractivity contribution >= 4 is 58.6 Å². The number of carbonyl (C=O) groups is 2. The largest absolute Gasteiger partial charge is 0.497 e. The van der Waals surface area contributed by atoms with E-state index in [4.69, 9.17) is 44.3 Å². The molecule has 164 valence electrons. The van der Waals surface area contributed by atoms with Crippen LogP contribution in [0.2, 0.25) is 0 Å². The summed E-state index contributed by atoms with van der Waals surface area (Å²) in [5, 5.41) is 9.58. The van der Waals surface area contributed by atoms with Crippen LogP contribution in [0.4, 0.5) is 4.79 Å². The molecule has 1 rings (SSSR count). The lowest BCUT2D eigenvalue weighted by Crippen LogP contribution is -2.47. The summed E-state index contributed by atoms with van der Waals surface area (Å²) in [5.74, 6) is -0.0845. The van der Waals surface area contributed by atoms with Gasteiger partial charge in [0.25, 0.3) is 0 Å². The number of nitrogens with zero attached hydrogens (tertiary/aromatic N) is 1. The van der Waals surface area contributed by atoms with Crippen molar-refractivity contribution in [1.29, 1.82) is 0 Å². The van der Waals surface area contributed by atoms with Gasteiger partial charge in [0.05, 0.1) is 13.2 Å². The van der Waals surface area contributed by atoms with Gasteiger partial charge in [0.2, 0.25) is 3.79 Å². The fraction of sp³-hybridized carbons (Fsp3) is 0.579. The highest BCUT2D eigenvalue weighted by Crippen LogP contribution is 2.34. The highest BCUT2D eigenvalue weighted by Gasteiger charge is 2.36. The second-order valence-electron chi connectivity index (χ2n) is 7.30. The molecule has 29 heavy (non-hydrogen) atoms. The van der Waals surface area contributed by atoms with E-state index < -0.39 is 34.5 Å². The monoisotopic (exact) mass is 485 g/mol. The number of hydrogen-bond donors (Lipinski definition) is 1. The number of rotatable bonds is 8. The van der Waals surface area contributed by atoms with Crippen LogP contribution in [0.5, 0.6) is 5.75 Å². The van der Waals surface area contributed by atoms with Crippen LogP contribution in [-0.4, -0.2) is 56.1 Å². The zero-order valence-electron chi connectivity index (χ0n) is 16.9. The molecule has 0 aromatic heterocycles.